The number of ketones is 2. The molecule has 0 amide bonds. The molecule has 212 valence electrons. The highest BCUT2D eigenvalue weighted by atomic mass is 35.5. The summed E-state index contributed by atoms with van der Waals surface area (Å²) in [6.45, 7) is 11.4. The zero-order chi connectivity index (χ0) is 28.1. The van der Waals surface area contributed by atoms with Crippen LogP contribution in [0.15, 0.2) is 34.7 Å². The monoisotopic (exact) mass is 553 g/mol. The van der Waals surface area contributed by atoms with Crippen LogP contribution in [0.4, 0.5) is 0 Å². The number of halogens is 1. The summed E-state index contributed by atoms with van der Waals surface area (Å²) in [5.41, 5.74) is 4.45. The minimum atomic E-state index is -0.436. The molecule has 1 aliphatic heterocycles. The van der Waals surface area contributed by atoms with Gasteiger partial charge >= 0.3 is 0 Å². The van der Waals surface area contributed by atoms with Crippen molar-refractivity contribution in [1.29, 1.82) is 0 Å². The van der Waals surface area contributed by atoms with Crippen LogP contribution in [0.5, 0.6) is 11.5 Å². The predicted molar refractivity (Wildman–Crippen MR) is 155 cm³/mol. The molecule has 0 atom stereocenters. The molecule has 1 aromatic carbocycles. The van der Waals surface area contributed by atoms with Crippen LogP contribution in [0.1, 0.15) is 110 Å². The molecule has 0 N–H and O–H groups in total. The summed E-state index contributed by atoms with van der Waals surface area (Å²) in [6.07, 6.45) is 9.30. The fraction of sp³-hybridized carbons (Fsp3) is 0.636. The Morgan fingerprint density at radius 3 is 1.97 bits per heavy atom. The molecule has 1 fully saturated rings. The Kier molecular flexibility index (Phi) is 7.69. The largest absolute Gasteiger partial charge is 0.493 e. The number of rotatable bonds is 6. The number of methoxy groups -OCH3 is 1. The van der Waals surface area contributed by atoms with E-state index >= 15 is 0 Å². The quantitative estimate of drug-likeness (QED) is 0.355. The minimum Gasteiger partial charge on any atom is -0.493 e. The molecule has 0 unspecified atom stereocenters. The van der Waals surface area contributed by atoms with Gasteiger partial charge in [0.25, 0.3) is 0 Å². The maximum atomic E-state index is 14.1. The van der Waals surface area contributed by atoms with Crippen LogP contribution >= 0.6 is 11.6 Å². The topological polar surface area (TPSA) is 55.8 Å². The second kappa shape index (κ2) is 10.6. The van der Waals surface area contributed by atoms with E-state index in [9.17, 15) is 9.59 Å². The number of carbonyl (C=O) groups is 2. The number of hydrogen-bond acceptors (Lipinski definition) is 5. The van der Waals surface area contributed by atoms with Gasteiger partial charge < -0.3 is 14.4 Å². The predicted octanol–water partition coefficient (Wildman–Crippen LogP) is 8.16. The van der Waals surface area contributed by atoms with Gasteiger partial charge in [0.15, 0.2) is 23.1 Å². The third-order valence-electron chi connectivity index (χ3n) is 8.93. The lowest BCUT2D eigenvalue weighted by Gasteiger charge is -2.52. The first-order valence-electron chi connectivity index (χ1n) is 14.8. The Morgan fingerprint density at radius 2 is 1.46 bits per heavy atom. The van der Waals surface area contributed by atoms with Gasteiger partial charge in [-0.3, -0.25) is 9.59 Å². The Bertz CT molecular complexity index is 1180. The number of Topliss-reactive ketones (excluding diaryl/α,β-unsaturated/α-hetero) is 2. The first-order chi connectivity index (χ1) is 18.5. The molecular formula is C33H44ClNO4. The van der Waals surface area contributed by atoms with E-state index in [1.54, 1.807) is 7.11 Å². The SMILES string of the molecule is CCCOc1c(Cl)cc(C2C3=C(CC(C)(C)CC3=O)N(C3CCCCC3)C3=C2C(=O)CC(C)(C)C3)cc1OC. The van der Waals surface area contributed by atoms with Crippen LogP contribution in [0.25, 0.3) is 0 Å². The van der Waals surface area contributed by atoms with Crippen LogP contribution in [-0.2, 0) is 9.59 Å². The molecule has 1 aromatic rings. The van der Waals surface area contributed by atoms with Crippen molar-refractivity contribution >= 4 is 23.2 Å². The zero-order valence-corrected chi connectivity index (χ0v) is 25.3. The second-order valence-electron chi connectivity index (χ2n) is 13.6. The lowest BCUT2D eigenvalue weighted by molar-refractivity contribution is -0.119. The normalized spacial score (nSPS) is 23.6. The van der Waals surface area contributed by atoms with Crippen molar-refractivity contribution < 1.29 is 19.1 Å². The summed E-state index contributed by atoms with van der Waals surface area (Å²) in [7, 11) is 1.61. The van der Waals surface area contributed by atoms with Gasteiger partial charge in [0, 0.05) is 47.3 Å². The Hall–Kier alpha value is -2.27. The smallest absolute Gasteiger partial charge is 0.179 e. The average molecular weight is 554 g/mol. The third-order valence-corrected chi connectivity index (χ3v) is 9.21. The average Bonchev–Trinajstić information content (AvgIpc) is 2.85. The molecule has 4 aliphatic rings. The molecule has 3 aliphatic carbocycles. The van der Waals surface area contributed by atoms with Crippen molar-refractivity contribution in [2.75, 3.05) is 13.7 Å². The molecular weight excluding hydrogens is 510 g/mol. The molecule has 6 heteroatoms. The van der Waals surface area contributed by atoms with Crippen molar-refractivity contribution in [3.05, 3.63) is 45.3 Å². The van der Waals surface area contributed by atoms with Gasteiger partial charge in [-0.2, -0.15) is 0 Å². The number of allylic oxidation sites excluding steroid dienone is 4. The number of benzene rings is 1. The first kappa shape index (κ1) is 28.3. The summed E-state index contributed by atoms with van der Waals surface area (Å²) in [5.74, 6) is 0.918. The zero-order valence-electron chi connectivity index (χ0n) is 24.5. The molecule has 1 heterocycles. The van der Waals surface area contributed by atoms with Gasteiger partial charge in [-0.1, -0.05) is 65.5 Å². The van der Waals surface area contributed by atoms with Crippen molar-refractivity contribution in [3.63, 3.8) is 0 Å². The highest BCUT2D eigenvalue weighted by Gasteiger charge is 2.50. The number of carbonyl (C=O) groups excluding carboxylic acids is 2. The fourth-order valence-electron chi connectivity index (χ4n) is 7.36. The van der Waals surface area contributed by atoms with Gasteiger partial charge in [0.05, 0.1) is 18.7 Å². The van der Waals surface area contributed by atoms with E-state index in [-0.39, 0.29) is 22.4 Å². The van der Waals surface area contributed by atoms with E-state index in [4.69, 9.17) is 21.1 Å². The van der Waals surface area contributed by atoms with E-state index in [0.29, 0.717) is 42.0 Å². The van der Waals surface area contributed by atoms with Crippen LogP contribution < -0.4 is 9.47 Å². The molecule has 5 rings (SSSR count). The summed E-state index contributed by atoms with van der Waals surface area (Å²) in [6, 6.07) is 4.17. The van der Waals surface area contributed by atoms with Gasteiger partial charge in [-0.15, -0.1) is 0 Å². The lowest BCUT2D eigenvalue weighted by atomic mass is 9.63. The Labute approximate surface area is 238 Å². The Morgan fingerprint density at radius 1 is 0.897 bits per heavy atom. The third kappa shape index (κ3) is 5.28. The summed E-state index contributed by atoms with van der Waals surface area (Å²) in [4.78, 5) is 30.7. The number of hydrogen-bond donors (Lipinski definition) is 0. The molecule has 39 heavy (non-hydrogen) atoms. The minimum absolute atomic E-state index is 0.132. The maximum Gasteiger partial charge on any atom is 0.179 e. The van der Waals surface area contributed by atoms with Crippen molar-refractivity contribution in [1.82, 2.24) is 4.90 Å². The first-order valence-corrected chi connectivity index (χ1v) is 15.2. The van der Waals surface area contributed by atoms with Crippen molar-refractivity contribution in [2.24, 2.45) is 10.8 Å². The van der Waals surface area contributed by atoms with E-state index in [0.717, 1.165) is 60.2 Å². The fourth-order valence-corrected chi connectivity index (χ4v) is 7.63. The van der Waals surface area contributed by atoms with E-state index < -0.39 is 5.92 Å². The molecule has 0 spiro atoms. The Balaban J connectivity index is 1.76. The molecule has 0 bridgehead atoms. The maximum absolute atomic E-state index is 14.1. The van der Waals surface area contributed by atoms with E-state index in [2.05, 4.69) is 32.6 Å². The highest BCUT2D eigenvalue weighted by molar-refractivity contribution is 6.32. The van der Waals surface area contributed by atoms with Crippen LogP contribution in [0, 0.1) is 10.8 Å². The van der Waals surface area contributed by atoms with Crippen molar-refractivity contribution in [3.8, 4) is 11.5 Å². The molecule has 0 radical (unpaired) electrons. The van der Waals surface area contributed by atoms with Crippen LogP contribution in [-0.4, -0.2) is 36.2 Å². The molecule has 0 saturated heterocycles. The molecule has 1 saturated carbocycles. The molecule has 5 nitrogen and oxygen atoms in total. The summed E-state index contributed by atoms with van der Waals surface area (Å²) in [5, 5.41) is 0.448. The van der Waals surface area contributed by atoms with Crippen LogP contribution in [0.2, 0.25) is 5.02 Å². The number of nitrogens with zero attached hydrogens (tertiary/aromatic N) is 1. The van der Waals surface area contributed by atoms with Crippen molar-refractivity contribution in [2.45, 2.75) is 111 Å². The lowest BCUT2D eigenvalue weighted by Crippen LogP contribution is -2.48. The molecule has 0 aromatic heterocycles. The van der Waals surface area contributed by atoms with Gasteiger partial charge in [0.2, 0.25) is 0 Å². The standard InChI is InChI=1S/C33H44ClNO4/c1-7-13-39-31-22(34)14-20(15-27(31)38-6)28-29-23(16-32(2,3)18-25(29)36)35(21-11-9-8-10-12-21)24-17-33(4,5)19-26(37)30(24)28/h14-15,21,28H,7-13,16-19H2,1-6H3. The van der Waals surface area contributed by atoms with Gasteiger partial charge in [-0.25, -0.2) is 0 Å². The summed E-state index contributed by atoms with van der Waals surface area (Å²) < 4.78 is 11.7. The van der Waals surface area contributed by atoms with E-state index in [1.165, 1.54) is 19.3 Å². The van der Waals surface area contributed by atoms with Gasteiger partial charge in [0.1, 0.15) is 0 Å². The second-order valence-corrected chi connectivity index (χ2v) is 14.0. The highest BCUT2D eigenvalue weighted by Crippen LogP contribution is 2.56. The number of ether oxygens (including phenoxy) is 2. The van der Waals surface area contributed by atoms with E-state index in [1.807, 2.05) is 19.1 Å². The van der Waals surface area contributed by atoms with Gasteiger partial charge in [-0.05, 0) is 60.6 Å². The summed E-state index contributed by atoms with van der Waals surface area (Å²) >= 11 is 6.81. The van der Waals surface area contributed by atoms with Crippen LogP contribution in [0.3, 0.4) is 0 Å².